The van der Waals surface area contributed by atoms with Crippen LogP contribution in [-0.4, -0.2) is 76.2 Å². The summed E-state index contributed by atoms with van der Waals surface area (Å²) in [6.07, 6.45) is 23.0. The molecule has 228 valence electrons. The normalized spacial score (nSPS) is 14.4. The summed E-state index contributed by atoms with van der Waals surface area (Å²) >= 11 is 0. The Labute approximate surface area is 235 Å². The summed E-state index contributed by atoms with van der Waals surface area (Å²) in [5.74, 6) is 0. The average Bonchev–Trinajstić information content (AvgIpc) is 2.85. The van der Waals surface area contributed by atoms with Crippen LogP contribution in [0.1, 0.15) is 116 Å². The smallest absolute Gasteiger partial charge is 0.379 e. The predicted molar refractivity (Wildman–Crippen MR) is 160 cm³/mol. The molecule has 0 aromatic carbocycles. The molecule has 0 heterocycles. The van der Waals surface area contributed by atoms with Crippen LogP contribution in [-0.2, 0) is 23.1 Å². The van der Waals surface area contributed by atoms with Gasteiger partial charge in [-0.05, 0) is 25.7 Å². The van der Waals surface area contributed by atoms with Crippen molar-refractivity contribution in [2.24, 2.45) is 0 Å². The Hall–Kier alpha value is -0.270. The Morgan fingerprint density at radius 1 is 0.737 bits per heavy atom. The van der Waals surface area contributed by atoms with E-state index in [4.69, 9.17) is 18.5 Å². The molecule has 38 heavy (non-hydrogen) atoms. The third kappa shape index (κ3) is 28.7. The first-order chi connectivity index (χ1) is 18.2. The highest BCUT2D eigenvalue weighted by Gasteiger charge is 2.25. The summed E-state index contributed by atoms with van der Waals surface area (Å²) in [5.41, 5.74) is 0. The first-order valence-corrected chi connectivity index (χ1v) is 16.9. The maximum Gasteiger partial charge on any atom is 0.472 e. The van der Waals surface area contributed by atoms with E-state index >= 15 is 0 Å². The number of rotatable bonds is 30. The van der Waals surface area contributed by atoms with Crippen molar-refractivity contribution in [1.29, 1.82) is 0 Å². The Morgan fingerprint density at radius 2 is 1.26 bits per heavy atom. The first-order valence-electron chi connectivity index (χ1n) is 15.4. The second-order valence-corrected chi connectivity index (χ2v) is 13.0. The zero-order valence-electron chi connectivity index (χ0n) is 25.5. The van der Waals surface area contributed by atoms with Gasteiger partial charge in [0.05, 0.1) is 34.4 Å². The van der Waals surface area contributed by atoms with Crippen molar-refractivity contribution in [2.75, 3.05) is 60.7 Å². The number of quaternary nitrogens is 1. The molecule has 0 aliphatic rings. The number of phosphoric acid groups is 1. The lowest BCUT2D eigenvalue weighted by Gasteiger charge is -2.24. The van der Waals surface area contributed by atoms with Crippen molar-refractivity contribution < 1.29 is 32.5 Å². The van der Waals surface area contributed by atoms with Gasteiger partial charge in [-0.15, -0.1) is 6.58 Å². The van der Waals surface area contributed by atoms with E-state index in [0.717, 1.165) is 25.7 Å². The molecule has 7 nitrogen and oxygen atoms in total. The van der Waals surface area contributed by atoms with Crippen molar-refractivity contribution in [2.45, 2.75) is 122 Å². The van der Waals surface area contributed by atoms with Gasteiger partial charge in [-0.25, -0.2) is 4.57 Å². The van der Waals surface area contributed by atoms with E-state index < -0.39 is 13.9 Å². The number of hydrogen-bond acceptors (Lipinski definition) is 5. The van der Waals surface area contributed by atoms with Crippen LogP contribution in [0.15, 0.2) is 12.7 Å². The van der Waals surface area contributed by atoms with Gasteiger partial charge in [0.15, 0.2) is 0 Å². The van der Waals surface area contributed by atoms with Gasteiger partial charge in [-0.1, -0.05) is 96.5 Å². The number of phosphoric ester groups is 1. The van der Waals surface area contributed by atoms with E-state index in [9.17, 15) is 9.46 Å². The second kappa shape index (κ2) is 25.7. The molecule has 0 bridgehead atoms. The molecule has 2 atom stereocenters. The second-order valence-electron chi connectivity index (χ2n) is 11.6. The minimum Gasteiger partial charge on any atom is -0.379 e. The number of hydrogen-bond donors (Lipinski definition) is 1. The van der Waals surface area contributed by atoms with Crippen molar-refractivity contribution in [3.05, 3.63) is 12.7 Å². The van der Waals surface area contributed by atoms with Gasteiger partial charge >= 0.3 is 7.82 Å². The molecule has 0 spiro atoms. The van der Waals surface area contributed by atoms with Gasteiger partial charge < -0.3 is 18.9 Å². The van der Waals surface area contributed by atoms with Gasteiger partial charge in [0, 0.05) is 13.2 Å². The fourth-order valence-electron chi connectivity index (χ4n) is 4.04. The SMILES string of the molecule is C=CCCCCOC(COCCCCCCCCCCCCCCCC)COP(=O)(O)OCC[N+](C)(C)C. The minimum absolute atomic E-state index is 0.0294. The van der Waals surface area contributed by atoms with Gasteiger partial charge in [0.25, 0.3) is 0 Å². The van der Waals surface area contributed by atoms with Crippen LogP contribution < -0.4 is 0 Å². The Bertz CT molecular complexity index is 569. The minimum atomic E-state index is -4.12. The summed E-state index contributed by atoms with van der Waals surface area (Å²) in [6.45, 7) is 8.32. The van der Waals surface area contributed by atoms with Crippen LogP contribution in [0.25, 0.3) is 0 Å². The molecule has 0 amide bonds. The van der Waals surface area contributed by atoms with Crippen LogP contribution in [0.5, 0.6) is 0 Å². The quantitative estimate of drug-likeness (QED) is 0.0412. The third-order valence-electron chi connectivity index (χ3n) is 6.54. The van der Waals surface area contributed by atoms with Gasteiger partial charge in [0.2, 0.25) is 0 Å². The van der Waals surface area contributed by atoms with Crippen molar-refractivity contribution in [1.82, 2.24) is 0 Å². The highest BCUT2D eigenvalue weighted by Crippen LogP contribution is 2.43. The van der Waals surface area contributed by atoms with Crippen molar-refractivity contribution in [3.8, 4) is 0 Å². The lowest BCUT2D eigenvalue weighted by molar-refractivity contribution is -0.870. The largest absolute Gasteiger partial charge is 0.472 e. The molecular formula is C30H63NO6P+. The van der Waals surface area contributed by atoms with Gasteiger partial charge in [-0.3, -0.25) is 9.05 Å². The number of likely N-dealkylation sites (N-methyl/N-ethyl adjacent to an activating group) is 1. The fraction of sp³-hybridized carbons (Fsp3) is 0.933. The Morgan fingerprint density at radius 3 is 1.79 bits per heavy atom. The Balaban J connectivity index is 3.96. The van der Waals surface area contributed by atoms with E-state index in [1.165, 1.54) is 83.5 Å². The predicted octanol–water partition coefficient (Wildman–Crippen LogP) is 8.07. The lowest BCUT2D eigenvalue weighted by Crippen LogP contribution is -2.37. The van der Waals surface area contributed by atoms with Gasteiger partial charge in [0.1, 0.15) is 19.3 Å². The van der Waals surface area contributed by atoms with E-state index in [1.54, 1.807) is 0 Å². The fourth-order valence-corrected chi connectivity index (χ4v) is 4.78. The summed E-state index contributed by atoms with van der Waals surface area (Å²) in [5, 5.41) is 0. The van der Waals surface area contributed by atoms with E-state index in [2.05, 4.69) is 13.5 Å². The molecule has 0 aromatic rings. The monoisotopic (exact) mass is 564 g/mol. The zero-order valence-corrected chi connectivity index (χ0v) is 26.4. The standard InChI is InChI=1S/C30H62NO6P/c1-6-8-10-12-13-14-15-16-17-18-19-20-21-22-25-34-28-30(35-26-23-11-9-7-2)29-37-38(32,33)36-27-24-31(3,4)5/h7,30H,2,6,8-29H2,1,3-5H3/p+1. The maximum atomic E-state index is 12.2. The molecule has 0 aromatic heterocycles. The van der Waals surface area contributed by atoms with E-state index in [0.29, 0.717) is 30.8 Å². The van der Waals surface area contributed by atoms with Crippen molar-refractivity contribution >= 4 is 7.82 Å². The number of ether oxygens (including phenoxy) is 2. The summed E-state index contributed by atoms with van der Waals surface area (Å²) in [7, 11) is 1.88. The molecule has 8 heteroatoms. The molecule has 0 fully saturated rings. The average molecular weight is 565 g/mol. The van der Waals surface area contributed by atoms with Crippen LogP contribution in [0.3, 0.4) is 0 Å². The number of nitrogens with zero attached hydrogens (tertiary/aromatic N) is 1. The molecular weight excluding hydrogens is 501 g/mol. The topological polar surface area (TPSA) is 74.2 Å². The van der Waals surface area contributed by atoms with E-state index in [1.807, 2.05) is 27.2 Å². The molecule has 0 saturated carbocycles. The van der Waals surface area contributed by atoms with Gasteiger partial charge in [-0.2, -0.15) is 0 Å². The molecule has 0 rings (SSSR count). The zero-order chi connectivity index (χ0) is 28.4. The number of allylic oxidation sites excluding steroid dienone is 1. The van der Waals surface area contributed by atoms with Crippen LogP contribution in [0.2, 0.25) is 0 Å². The molecule has 0 radical (unpaired) electrons. The van der Waals surface area contributed by atoms with Crippen LogP contribution >= 0.6 is 7.82 Å². The molecule has 0 aliphatic carbocycles. The highest BCUT2D eigenvalue weighted by atomic mass is 31.2. The first kappa shape index (κ1) is 37.7. The maximum absolute atomic E-state index is 12.2. The summed E-state index contributed by atoms with van der Waals surface area (Å²) < 4.78 is 34.9. The molecule has 1 N–H and O–H groups in total. The molecule has 0 aliphatic heterocycles. The lowest BCUT2D eigenvalue weighted by atomic mass is 10.0. The summed E-state index contributed by atoms with van der Waals surface area (Å²) in [6, 6.07) is 0. The van der Waals surface area contributed by atoms with Crippen LogP contribution in [0, 0.1) is 0 Å². The third-order valence-corrected chi connectivity index (χ3v) is 7.53. The highest BCUT2D eigenvalue weighted by molar-refractivity contribution is 7.47. The summed E-state index contributed by atoms with van der Waals surface area (Å²) in [4.78, 5) is 10.0. The van der Waals surface area contributed by atoms with Crippen LogP contribution in [0.4, 0.5) is 0 Å². The molecule has 2 unspecified atom stereocenters. The molecule has 0 saturated heterocycles. The number of unbranched alkanes of at least 4 members (excludes halogenated alkanes) is 15. The van der Waals surface area contributed by atoms with Crippen molar-refractivity contribution in [3.63, 3.8) is 0 Å². The van der Waals surface area contributed by atoms with E-state index in [-0.39, 0.29) is 13.2 Å². The Kier molecular flexibility index (Phi) is 25.5.